The van der Waals surface area contributed by atoms with Crippen molar-refractivity contribution in [3.05, 3.63) is 112 Å². The number of carbonyl (C=O) groups is 1. The van der Waals surface area contributed by atoms with Crippen LogP contribution in [0.4, 0.5) is 4.39 Å². The lowest BCUT2D eigenvalue weighted by Crippen LogP contribution is -2.54. The quantitative estimate of drug-likeness (QED) is 0.289. The molecule has 200 valence electrons. The van der Waals surface area contributed by atoms with Crippen LogP contribution in [0.5, 0.6) is 0 Å². The van der Waals surface area contributed by atoms with E-state index in [0.717, 1.165) is 29.8 Å². The molecule has 0 bridgehead atoms. The average molecular weight is 513 g/mol. The number of nitrogens with one attached hydrogen (secondary N) is 1. The van der Waals surface area contributed by atoms with Gasteiger partial charge in [-0.2, -0.15) is 0 Å². The first-order valence-corrected chi connectivity index (χ1v) is 13.8. The summed E-state index contributed by atoms with van der Waals surface area (Å²) in [6.07, 6.45) is 4.68. The summed E-state index contributed by atoms with van der Waals surface area (Å²) >= 11 is 0. The van der Waals surface area contributed by atoms with Gasteiger partial charge in [-0.25, -0.2) is 4.39 Å². The fourth-order valence-corrected chi connectivity index (χ4v) is 6.26. The molecule has 0 radical (unpaired) electrons. The number of rotatable bonds is 8. The Morgan fingerprint density at radius 3 is 2.42 bits per heavy atom. The summed E-state index contributed by atoms with van der Waals surface area (Å²) in [5.41, 5.74) is 8.16. The molecule has 2 aliphatic heterocycles. The molecule has 0 amide bonds. The number of aryl methyl sites for hydroxylation is 1. The van der Waals surface area contributed by atoms with Gasteiger partial charge in [0.15, 0.2) is 5.78 Å². The minimum Gasteiger partial charge on any atom is -0.364 e. The van der Waals surface area contributed by atoms with Gasteiger partial charge >= 0.3 is 0 Å². The molecule has 0 saturated carbocycles. The zero-order valence-electron chi connectivity index (χ0n) is 23.7. The molecule has 2 aliphatic rings. The summed E-state index contributed by atoms with van der Waals surface area (Å²) in [5, 5.41) is 3.58. The van der Waals surface area contributed by atoms with Gasteiger partial charge in [0.1, 0.15) is 11.6 Å². The number of fused-ring (bicyclic) bond motifs is 1. The lowest BCUT2D eigenvalue weighted by Gasteiger charge is -2.49. The number of benzene rings is 2. The molecule has 0 aromatic heterocycles. The first-order valence-electron chi connectivity index (χ1n) is 13.8. The van der Waals surface area contributed by atoms with E-state index in [0.29, 0.717) is 24.1 Å². The Kier molecular flexibility index (Phi) is 7.85. The lowest BCUT2D eigenvalue weighted by atomic mass is 9.69. The van der Waals surface area contributed by atoms with Gasteiger partial charge in [-0.3, -0.25) is 4.79 Å². The van der Waals surface area contributed by atoms with Crippen molar-refractivity contribution in [2.75, 3.05) is 6.54 Å². The Bertz CT molecular complexity index is 1320. The molecule has 1 N–H and O–H groups in total. The predicted molar refractivity (Wildman–Crippen MR) is 154 cm³/mol. The number of halogens is 1. The number of Topliss-reactive ketones (excluding diaryl/α,β-unsaturated/α-hetero) is 1. The van der Waals surface area contributed by atoms with E-state index in [1.807, 2.05) is 25.1 Å². The molecule has 4 heteroatoms. The number of ketones is 1. The Morgan fingerprint density at radius 1 is 1.13 bits per heavy atom. The van der Waals surface area contributed by atoms with Crippen molar-refractivity contribution < 1.29 is 9.18 Å². The summed E-state index contributed by atoms with van der Waals surface area (Å²) < 4.78 is 14.9. The van der Waals surface area contributed by atoms with Gasteiger partial charge in [-0.05, 0) is 64.7 Å². The number of nitrogens with zero attached hydrogens (tertiary/aromatic N) is 1. The van der Waals surface area contributed by atoms with Crippen LogP contribution in [0.3, 0.4) is 0 Å². The second-order valence-electron chi connectivity index (χ2n) is 11.4. The van der Waals surface area contributed by atoms with Gasteiger partial charge in [-0.1, -0.05) is 74.0 Å². The van der Waals surface area contributed by atoms with E-state index in [4.69, 9.17) is 0 Å². The van der Waals surface area contributed by atoms with Crippen LogP contribution in [-0.2, 0) is 10.2 Å². The van der Waals surface area contributed by atoms with E-state index >= 15 is 0 Å². The molecule has 1 saturated heterocycles. The van der Waals surface area contributed by atoms with Crippen molar-refractivity contribution in [1.82, 2.24) is 10.2 Å². The van der Waals surface area contributed by atoms with Crippen LogP contribution in [-0.4, -0.2) is 22.8 Å². The van der Waals surface area contributed by atoms with E-state index < -0.39 is 0 Å². The number of hydrogen-bond acceptors (Lipinski definition) is 3. The van der Waals surface area contributed by atoms with Crippen LogP contribution >= 0.6 is 0 Å². The summed E-state index contributed by atoms with van der Waals surface area (Å²) in [6.45, 7) is 17.8. The molecule has 0 spiro atoms. The monoisotopic (exact) mass is 512 g/mol. The summed E-state index contributed by atoms with van der Waals surface area (Å²) in [6, 6.07) is 15.3. The van der Waals surface area contributed by atoms with E-state index in [2.05, 4.69) is 81.4 Å². The van der Waals surface area contributed by atoms with Crippen LogP contribution < -0.4 is 5.32 Å². The van der Waals surface area contributed by atoms with Crippen LogP contribution in [0.15, 0.2) is 89.5 Å². The van der Waals surface area contributed by atoms with Crippen molar-refractivity contribution in [3.63, 3.8) is 0 Å². The van der Waals surface area contributed by atoms with Crippen molar-refractivity contribution in [1.29, 1.82) is 0 Å². The number of hydrogen-bond donors (Lipinski definition) is 1. The zero-order chi connectivity index (χ0) is 27.7. The highest BCUT2D eigenvalue weighted by Gasteiger charge is 2.41. The largest absolute Gasteiger partial charge is 0.364 e. The smallest absolute Gasteiger partial charge is 0.171 e. The van der Waals surface area contributed by atoms with E-state index in [1.54, 1.807) is 6.07 Å². The van der Waals surface area contributed by atoms with E-state index in [-0.39, 0.29) is 35.0 Å². The van der Waals surface area contributed by atoms with Crippen LogP contribution in [0.2, 0.25) is 0 Å². The Labute approximate surface area is 227 Å². The van der Waals surface area contributed by atoms with Crippen LogP contribution in [0, 0.1) is 12.7 Å². The molecule has 4 rings (SSSR count). The van der Waals surface area contributed by atoms with Crippen molar-refractivity contribution in [2.45, 2.75) is 84.2 Å². The maximum atomic E-state index is 14.9. The minimum absolute atomic E-state index is 0.0196. The van der Waals surface area contributed by atoms with Crippen molar-refractivity contribution >= 4 is 5.78 Å². The Hall–Kier alpha value is -3.36. The van der Waals surface area contributed by atoms with Crippen molar-refractivity contribution in [3.8, 4) is 0 Å². The Morgan fingerprint density at radius 2 is 1.79 bits per heavy atom. The molecule has 0 aliphatic carbocycles. The normalized spacial score (nSPS) is 18.9. The van der Waals surface area contributed by atoms with Crippen LogP contribution in [0.25, 0.3) is 0 Å². The van der Waals surface area contributed by atoms with Gasteiger partial charge in [0.05, 0.1) is 11.6 Å². The fraction of sp³-hybridized carbons (Fsp3) is 0.412. The van der Waals surface area contributed by atoms with E-state index in [9.17, 15) is 9.18 Å². The first-order chi connectivity index (χ1) is 18.0. The molecule has 0 unspecified atom stereocenters. The maximum absolute atomic E-state index is 14.9. The third-order valence-electron chi connectivity index (χ3n) is 8.64. The topological polar surface area (TPSA) is 32.3 Å². The maximum Gasteiger partial charge on any atom is 0.171 e. The standard InChI is InChI=1S/C34H41FN2O/c1-8-34(9-2,26-18-16-23(3)17-19-26)25(5)21-30(38)31-24(4)13-12-20-37-32(31)36-29(22-33(37,6)7)27-14-10-11-15-28(27)35/h10-12,14-19,29,36H,5,8-9,20-22H2,1-4,6-7H3/t29-/m1/s1. The van der Waals surface area contributed by atoms with Crippen LogP contribution in [0.1, 0.15) is 83.0 Å². The van der Waals surface area contributed by atoms with Gasteiger partial charge in [-0.15, -0.1) is 5.73 Å². The highest BCUT2D eigenvalue weighted by atomic mass is 19.1. The van der Waals surface area contributed by atoms with E-state index in [1.165, 1.54) is 17.2 Å². The van der Waals surface area contributed by atoms with Gasteiger partial charge in [0.2, 0.25) is 0 Å². The van der Waals surface area contributed by atoms with Crippen molar-refractivity contribution in [2.24, 2.45) is 0 Å². The second kappa shape index (κ2) is 10.8. The summed E-state index contributed by atoms with van der Waals surface area (Å²) in [7, 11) is 0. The first kappa shape index (κ1) is 27.7. The molecule has 38 heavy (non-hydrogen) atoms. The Balaban J connectivity index is 1.75. The minimum atomic E-state index is -0.294. The molecule has 3 nitrogen and oxygen atoms in total. The molecular formula is C34H41FN2O. The molecule has 2 aromatic rings. The highest BCUT2D eigenvalue weighted by molar-refractivity contribution is 6.01. The van der Waals surface area contributed by atoms with Gasteiger partial charge < -0.3 is 10.2 Å². The summed E-state index contributed by atoms with van der Waals surface area (Å²) in [4.78, 5) is 16.4. The lowest BCUT2D eigenvalue weighted by molar-refractivity contribution is -0.115. The second-order valence-corrected chi connectivity index (χ2v) is 11.4. The average Bonchev–Trinajstić information content (AvgIpc) is 3.04. The molecule has 2 heterocycles. The molecular weight excluding hydrogens is 471 g/mol. The molecule has 1 atom stereocenters. The number of allylic oxidation sites excluding steroid dienone is 2. The summed E-state index contributed by atoms with van der Waals surface area (Å²) in [5.74, 6) is 0.551. The molecule has 2 aromatic carbocycles. The third-order valence-corrected chi connectivity index (χ3v) is 8.64. The highest BCUT2D eigenvalue weighted by Crippen LogP contribution is 2.42. The molecule has 1 fully saturated rings. The van der Waals surface area contributed by atoms with Gasteiger partial charge in [0, 0.05) is 35.1 Å². The van der Waals surface area contributed by atoms with Gasteiger partial charge in [0.25, 0.3) is 0 Å². The predicted octanol–water partition coefficient (Wildman–Crippen LogP) is 7.85. The SMILES string of the molecule is C=C(CC(=O)C1=C2N[C@@H](c3ccccc3F)CC(C)(C)N2CC=C=C1C)C(CC)(CC)c1ccc(C)cc1. The third kappa shape index (κ3) is 5.02. The number of carbonyl (C=O) groups excluding carboxylic acids is 1. The zero-order valence-corrected chi connectivity index (χ0v) is 23.7. The fourth-order valence-electron chi connectivity index (χ4n) is 6.26.